The highest BCUT2D eigenvalue weighted by Crippen LogP contribution is 2.12. The third-order valence-corrected chi connectivity index (χ3v) is 1.76. The van der Waals surface area contributed by atoms with E-state index in [1.165, 1.54) is 0 Å². The van der Waals surface area contributed by atoms with Gasteiger partial charge in [0.2, 0.25) is 0 Å². The van der Waals surface area contributed by atoms with Crippen molar-refractivity contribution in [2.45, 2.75) is 19.4 Å². The molecule has 44 valence electrons. The first-order chi connectivity index (χ1) is 3.63. The van der Waals surface area contributed by atoms with E-state index in [0.717, 1.165) is 4.99 Å². The average molecular weight is 128 g/mol. The van der Waals surface area contributed by atoms with Crippen LogP contribution in [0.15, 0.2) is 4.99 Å². The zero-order valence-electron chi connectivity index (χ0n) is 4.93. The Morgan fingerprint density at radius 2 is 2.38 bits per heavy atom. The van der Waals surface area contributed by atoms with Crippen LogP contribution in [0.25, 0.3) is 0 Å². The average Bonchev–Trinajstić information content (AvgIpc) is 1.86. The van der Waals surface area contributed by atoms with Gasteiger partial charge in [-0.15, -0.1) is 0 Å². The Balaban J connectivity index is 2.82. The lowest BCUT2D eigenvalue weighted by molar-refractivity contribution is 0.724. The molecule has 1 heterocycles. The molecule has 1 rings (SSSR count). The number of hydrogen-bond acceptors (Lipinski definition) is 2. The Labute approximate surface area is 54.0 Å². The maximum Gasteiger partial charge on any atom is 0.108 e. The highest BCUT2D eigenvalue weighted by Gasteiger charge is 2.24. The first kappa shape index (κ1) is 5.69. The lowest BCUT2D eigenvalue weighted by Gasteiger charge is -2.11. The molecule has 0 radical (unpaired) electrons. The topological polar surface area (TPSA) is 24.4 Å². The summed E-state index contributed by atoms with van der Waals surface area (Å²) in [6.45, 7) is 3.96. The van der Waals surface area contributed by atoms with E-state index in [-0.39, 0.29) is 5.54 Å². The van der Waals surface area contributed by atoms with E-state index in [9.17, 15) is 0 Å². The van der Waals surface area contributed by atoms with E-state index in [1.54, 1.807) is 6.34 Å². The minimum Gasteiger partial charge on any atom is -0.339 e. The smallest absolute Gasteiger partial charge is 0.108 e. The Kier molecular flexibility index (Phi) is 1.08. The molecule has 3 heteroatoms. The lowest BCUT2D eigenvalue weighted by Crippen LogP contribution is -2.30. The van der Waals surface area contributed by atoms with Gasteiger partial charge in [0, 0.05) is 0 Å². The summed E-state index contributed by atoms with van der Waals surface area (Å²) in [4.78, 5) is 4.88. The zero-order chi connectivity index (χ0) is 6.20. The van der Waals surface area contributed by atoms with E-state index in [2.05, 4.69) is 10.3 Å². The molecule has 1 aliphatic rings. The minimum absolute atomic E-state index is 0.157. The van der Waals surface area contributed by atoms with Gasteiger partial charge in [0.1, 0.15) is 10.5 Å². The van der Waals surface area contributed by atoms with Crippen molar-refractivity contribution in [3.63, 3.8) is 0 Å². The monoisotopic (exact) mass is 128 g/mol. The van der Waals surface area contributed by atoms with Gasteiger partial charge in [-0.1, -0.05) is 12.2 Å². The molecule has 0 amide bonds. The van der Waals surface area contributed by atoms with Gasteiger partial charge in [-0.3, -0.25) is 4.99 Å². The third kappa shape index (κ3) is 0.733. The van der Waals surface area contributed by atoms with Crippen molar-refractivity contribution in [3.05, 3.63) is 0 Å². The molecule has 0 unspecified atom stereocenters. The summed E-state index contributed by atoms with van der Waals surface area (Å²) >= 11 is 4.92. The molecule has 0 aromatic rings. The Bertz CT molecular complexity index is 149. The van der Waals surface area contributed by atoms with Crippen molar-refractivity contribution in [2.75, 3.05) is 0 Å². The zero-order valence-corrected chi connectivity index (χ0v) is 5.75. The van der Waals surface area contributed by atoms with Crippen LogP contribution in [-0.4, -0.2) is 16.9 Å². The van der Waals surface area contributed by atoms with Crippen molar-refractivity contribution in [1.29, 1.82) is 0 Å². The Hall–Kier alpha value is -0.440. The molecular formula is C5H8N2S. The third-order valence-electron chi connectivity index (χ3n) is 1.14. The van der Waals surface area contributed by atoms with Crippen molar-refractivity contribution < 1.29 is 0 Å². The second kappa shape index (κ2) is 1.52. The van der Waals surface area contributed by atoms with E-state index < -0.39 is 0 Å². The quantitative estimate of drug-likeness (QED) is 0.486. The van der Waals surface area contributed by atoms with Crippen LogP contribution in [0.4, 0.5) is 0 Å². The lowest BCUT2D eigenvalue weighted by atomic mass is 10.1. The van der Waals surface area contributed by atoms with Gasteiger partial charge >= 0.3 is 0 Å². The summed E-state index contributed by atoms with van der Waals surface area (Å²) in [7, 11) is 0. The van der Waals surface area contributed by atoms with E-state index in [4.69, 9.17) is 12.2 Å². The van der Waals surface area contributed by atoms with E-state index in [0.29, 0.717) is 0 Å². The summed E-state index contributed by atoms with van der Waals surface area (Å²) in [5.41, 5.74) is -0.157. The van der Waals surface area contributed by atoms with Gasteiger partial charge in [-0.2, -0.15) is 0 Å². The number of hydrogen-bond donors (Lipinski definition) is 1. The van der Waals surface area contributed by atoms with E-state index in [1.807, 2.05) is 13.8 Å². The summed E-state index contributed by atoms with van der Waals surface area (Å²) in [5, 5.41) is 2.85. The fraction of sp³-hybridized carbons (Fsp3) is 0.600. The van der Waals surface area contributed by atoms with Crippen LogP contribution in [-0.2, 0) is 0 Å². The van der Waals surface area contributed by atoms with Gasteiger partial charge in [0.15, 0.2) is 0 Å². The molecule has 0 aromatic heterocycles. The summed E-state index contributed by atoms with van der Waals surface area (Å²) in [6, 6.07) is 0. The molecule has 0 aliphatic carbocycles. The Morgan fingerprint density at radius 1 is 1.75 bits per heavy atom. The van der Waals surface area contributed by atoms with Crippen LogP contribution < -0.4 is 5.32 Å². The largest absolute Gasteiger partial charge is 0.339 e. The SMILES string of the molecule is CC1(C)N=CNC1=S. The molecule has 0 saturated carbocycles. The Morgan fingerprint density at radius 3 is 2.50 bits per heavy atom. The minimum atomic E-state index is -0.157. The molecule has 0 spiro atoms. The second-order valence-corrected chi connectivity index (χ2v) is 2.70. The predicted molar refractivity (Wildman–Crippen MR) is 38.3 cm³/mol. The van der Waals surface area contributed by atoms with Gasteiger partial charge in [-0.05, 0) is 13.8 Å². The molecule has 8 heavy (non-hydrogen) atoms. The highest BCUT2D eigenvalue weighted by molar-refractivity contribution is 7.80. The molecule has 0 aromatic carbocycles. The van der Waals surface area contributed by atoms with Crippen molar-refractivity contribution in [3.8, 4) is 0 Å². The maximum absolute atomic E-state index is 4.92. The van der Waals surface area contributed by atoms with Crippen LogP contribution in [0, 0.1) is 0 Å². The molecular weight excluding hydrogens is 120 g/mol. The van der Waals surface area contributed by atoms with Crippen molar-refractivity contribution in [1.82, 2.24) is 5.32 Å². The molecule has 1 N–H and O–H groups in total. The number of nitrogens with one attached hydrogen (secondary N) is 1. The number of rotatable bonds is 0. The molecule has 0 fully saturated rings. The fourth-order valence-electron chi connectivity index (χ4n) is 0.488. The summed E-state index contributed by atoms with van der Waals surface area (Å²) < 4.78 is 0. The molecule has 0 atom stereocenters. The normalized spacial score (nSPS) is 23.5. The standard InChI is InChI=1S/C5H8N2S/c1-5(2)4(8)6-3-7-5/h3H,1-2H3,(H,6,7,8). The van der Waals surface area contributed by atoms with Gasteiger partial charge < -0.3 is 5.32 Å². The van der Waals surface area contributed by atoms with Crippen LogP contribution in [0.1, 0.15) is 13.8 Å². The second-order valence-electron chi connectivity index (χ2n) is 2.29. The first-order valence-electron chi connectivity index (χ1n) is 2.47. The van der Waals surface area contributed by atoms with Gasteiger partial charge in [0.05, 0.1) is 6.34 Å². The maximum atomic E-state index is 4.92. The predicted octanol–water partition coefficient (Wildman–Crippen LogP) is 0.724. The van der Waals surface area contributed by atoms with Gasteiger partial charge in [0.25, 0.3) is 0 Å². The van der Waals surface area contributed by atoms with Crippen LogP contribution in [0.2, 0.25) is 0 Å². The number of nitrogens with zero attached hydrogens (tertiary/aromatic N) is 1. The first-order valence-corrected chi connectivity index (χ1v) is 2.88. The van der Waals surface area contributed by atoms with Crippen LogP contribution >= 0.6 is 12.2 Å². The molecule has 0 bridgehead atoms. The fourth-order valence-corrected chi connectivity index (χ4v) is 0.593. The number of aliphatic imine (C=N–C) groups is 1. The van der Waals surface area contributed by atoms with Crippen LogP contribution in [0.5, 0.6) is 0 Å². The van der Waals surface area contributed by atoms with E-state index >= 15 is 0 Å². The van der Waals surface area contributed by atoms with Crippen molar-refractivity contribution >= 4 is 23.5 Å². The van der Waals surface area contributed by atoms with Crippen LogP contribution in [0.3, 0.4) is 0 Å². The summed E-state index contributed by atoms with van der Waals surface area (Å²) in [6.07, 6.45) is 1.64. The number of thiocarbonyl (C=S) groups is 1. The molecule has 2 nitrogen and oxygen atoms in total. The molecule has 0 saturated heterocycles. The molecule has 1 aliphatic heterocycles. The highest BCUT2D eigenvalue weighted by atomic mass is 32.1. The van der Waals surface area contributed by atoms with Gasteiger partial charge in [-0.25, -0.2) is 0 Å². The summed E-state index contributed by atoms with van der Waals surface area (Å²) in [5.74, 6) is 0. The van der Waals surface area contributed by atoms with Crippen molar-refractivity contribution in [2.24, 2.45) is 4.99 Å².